The van der Waals surface area contributed by atoms with Crippen molar-refractivity contribution in [2.24, 2.45) is 0 Å². The van der Waals surface area contributed by atoms with Gasteiger partial charge in [-0.2, -0.15) is 0 Å². The quantitative estimate of drug-likeness (QED) is 0.788. The first-order valence-corrected chi connectivity index (χ1v) is 7.09. The molecule has 0 saturated carbocycles. The summed E-state index contributed by atoms with van der Waals surface area (Å²) in [5.41, 5.74) is 4.92. The molecule has 102 valence electrons. The van der Waals surface area contributed by atoms with Gasteiger partial charge in [0.05, 0.1) is 13.2 Å². The molecule has 2 aliphatic heterocycles. The van der Waals surface area contributed by atoms with E-state index in [2.05, 4.69) is 62.4 Å². The van der Waals surface area contributed by atoms with Crippen LogP contribution in [0.3, 0.4) is 0 Å². The van der Waals surface area contributed by atoms with Gasteiger partial charge in [0.25, 0.3) is 0 Å². The Hall–Kier alpha value is -1.64. The summed E-state index contributed by atoms with van der Waals surface area (Å²) < 4.78 is 10.9. The van der Waals surface area contributed by atoms with E-state index in [1.165, 1.54) is 22.3 Å². The van der Waals surface area contributed by atoms with E-state index in [0.717, 1.165) is 13.2 Å². The summed E-state index contributed by atoms with van der Waals surface area (Å²) in [5, 5.41) is 0. The summed E-state index contributed by atoms with van der Waals surface area (Å²) in [6, 6.07) is 17.4. The van der Waals surface area contributed by atoms with Crippen LogP contribution in [0.2, 0.25) is 0 Å². The fraction of sp³-hybridized carbons (Fsp3) is 0.333. The smallest absolute Gasteiger partial charge is 0.114 e. The molecule has 0 amide bonds. The van der Waals surface area contributed by atoms with E-state index in [-0.39, 0.29) is 11.2 Å². The maximum Gasteiger partial charge on any atom is 0.114 e. The first-order valence-electron chi connectivity index (χ1n) is 7.09. The van der Waals surface area contributed by atoms with Crippen molar-refractivity contribution in [3.05, 3.63) is 59.7 Å². The molecule has 2 heteroatoms. The van der Waals surface area contributed by atoms with Crippen molar-refractivity contribution in [3.8, 4) is 11.1 Å². The Labute approximate surface area is 119 Å². The first-order chi connectivity index (χ1) is 9.59. The van der Waals surface area contributed by atoms with E-state index < -0.39 is 0 Å². The van der Waals surface area contributed by atoms with Crippen LogP contribution in [0.5, 0.6) is 0 Å². The van der Waals surface area contributed by atoms with E-state index in [9.17, 15) is 0 Å². The zero-order valence-corrected chi connectivity index (χ0v) is 11.8. The molecular formula is C18H18O2. The van der Waals surface area contributed by atoms with Crippen molar-refractivity contribution >= 4 is 0 Å². The first kappa shape index (κ1) is 12.1. The van der Waals surface area contributed by atoms with Gasteiger partial charge in [-0.25, -0.2) is 0 Å². The van der Waals surface area contributed by atoms with Crippen molar-refractivity contribution < 1.29 is 9.47 Å². The Balaban J connectivity index is 1.60. The predicted octanol–water partition coefficient (Wildman–Crippen LogP) is 3.84. The summed E-state index contributed by atoms with van der Waals surface area (Å²) in [4.78, 5) is 0. The molecule has 0 radical (unpaired) electrons. The monoisotopic (exact) mass is 266 g/mol. The van der Waals surface area contributed by atoms with Crippen LogP contribution in [0.15, 0.2) is 48.5 Å². The molecule has 2 saturated heterocycles. The molecule has 0 spiro atoms. The topological polar surface area (TPSA) is 25.1 Å². The Morgan fingerprint density at radius 2 is 0.950 bits per heavy atom. The SMILES string of the molecule is CC1(c2ccc(-c3ccc(C4(C)CO4)cc3)cc2)CO1. The predicted molar refractivity (Wildman–Crippen MR) is 78.5 cm³/mol. The van der Waals surface area contributed by atoms with E-state index in [4.69, 9.17) is 9.47 Å². The minimum atomic E-state index is -0.0414. The molecule has 0 aliphatic carbocycles. The second-order valence-corrected chi connectivity index (χ2v) is 6.19. The molecule has 2 aromatic carbocycles. The summed E-state index contributed by atoms with van der Waals surface area (Å²) >= 11 is 0. The van der Waals surface area contributed by atoms with E-state index in [1.807, 2.05) is 0 Å². The summed E-state index contributed by atoms with van der Waals surface area (Å²) in [6.07, 6.45) is 0. The van der Waals surface area contributed by atoms with Crippen molar-refractivity contribution in [2.45, 2.75) is 25.0 Å². The van der Waals surface area contributed by atoms with Gasteiger partial charge in [0, 0.05) is 0 Å². The van der Waals surface area contributed by atoms with Gasteiger partial charge in [0.1, 0.15) is 11.2 Å². The average Bonchev–Trinajstić information content (AvgIpc) is 3.40. The van der Waals surface area contributed by atoms with E-state index in [0.29, 0.717) is 0 Å². The molecular weight excluding hydrogens is 248 g/mol. The number of rotatable bonds is 3. The van der Waals surface area contributed by atoms with Gasteiger partial charge in [-0.1, -0.05) is 48.5 Å². The molecule has 20 heavy (non-hydrogen) atoms. The zero-order valence-electron chi connectivity index (χ0n) is 11.8. The van der Waals surface area contributed by atoms with E-state index in [1.54, 1.807) is 0 Å². The van der Waals surface area contributed by atoms with Crippen LogP contribution >= 0.6 is 0 Å². The fourth-order valence-electron chi connectivity index (χ4n) is 2.58. The Bertz CT molecular complexity index is 573. The van der Waals surface area contributed by atoms with E-state index >= 15 is 0 Å². The minimum Gasteiger partial charge on any atom is -0.365 e. The second-order valence-electron chi connectivity index (χ2n) is 6.19. The average molecular weight is 266 g/mol. The molecule has 2 atom stereocenters. The number of hydrogen-bond acceptors (Lipinski definition) is 2. The third kappa shape index (κ3) is 1.96. The summed E-state index contributed by atoms with van der Waals surface area (Å²) in [5.74, 6) is 0. The highest BCUT2D eigenvalue weighted by Gasteiger charge is 2.41. The lowest BCUT2D eigenvalue weighted by atomic mass is 9.96. The third-order valence-electron chi connectivity index (χ3n) is 4.48. The maximum atomic E-state index is 5.47. The molecule has 2 aromatic rings. The molecule has 4 rings (SSSR count). The van der Waals surface area contributed by atoms with Gasteiger partial charge in [0.2, 0.25) is 0 Å². The largest absolute Gasteiger partial charge is 0.365 e. The molecule has 0 N–H and O–H groups in total. The van der Waals surface area contributed by atoms with Crippen molar-refractivity contribution in [2.75, 3.05) is 13.2 Å². The van der Waals surface area contributed by atoms with Crippen LogP contribution in [-0.2, 0) is 20.7 Å². The van der Waals surface area contributed by atoms with Crippen molar-refractivity contribution in [1.82, 2.24) is 0 Å². The molecule has 2 fully saturated rings. The molecule has 2 heterocycles. The standard InChI is InChI=1S/C18H18O2/c1-17(11-19-17)15-7-3-13(4-8-15)14-5-9-16(10-6-14)18(2)12-20-18/h3-10H,11-12H2,1-2H3. The number of benzene rings is 2. The van der Waals surface area contributed by atoms with Crippen molar-refractivity contribution in [1.29, 1.82) is 0 Å². The third-order valence-corrected chi connectivity index (χ3v) is 4.48. The Kier molecular flexibility index (Phi) is 2.39. The molecule has 0 bridgehead atoms. The molecule has 2 aliphatic rings. The lowest BCUT2D eigenvalue weighted by Crippen LogP contribution is -2.02. The van der Waals surface area contributed by atoms with Gasteiger partial charge in [-0.05, 0) is 36.1 Å². The van der Waals surface area contributed by atoms with Gasteiger partial charge in [0.15, 0.2) is 0 Å². The highest BCUT2D eigenvalue weighted by molar-refractivity contribution is 5.64. The van der Waals surface area contributed by atoms with Gasteiger partial charge < -0.3 is 9.47 Å². The van der Waals surface area contributed by atoms with Crippen LogP contribution in [0.25, 0.3) is 11.1 Å². The number of hydrogen-bond donors (Lipinski definition) is 0. The Morgan fingerprint density at radius 1 is 0.650 bits per heavy atom. The molecule has 2 nitrogen and oxygen atoms in total. The zero-order chi connectivity index (χ0) is 13.8. The molecule has 2 unspecified atom stereocenters. The highest BCUT2D eigenvalue weighted by Crippen LogP contribution is 2.40. The van der Waals surface area contributed by atoms with Crippen LogP contribution in [0.4, 0.5) is 0 Å². The molecule has 0 aromatic heterocycles. The second kappa shape index (κ2) is 3.94. The van der Waals surface area contributed by atoms with Gasteiger partial charge in [-0.15, -0.1) is 0 Å². The number of ether oxygens (including phenoxy) is 2. The van der Waals surface area contributed by atoms with Crippen LogP contribution in [-0.4, -0.2) is 13.2 Å². The van der Waals surface area contributed by atoms with Gasteiger partial charge in [-0.3, -0.25) is 0 Å². The summed E-state index contributed by atoms with van der Waals surface area (Å²) in [6.45, 7) is 5.93. The van der Waals surface area contributed by atoms with Gasteiger partial charge >= 0.3 is 0 Å². The fourth-order valence-corrected chi connectivity index (χ4v) is 2.58. The Morgan fingerprint density at radius 3 is 1.20 bits per heavy atom. The lowest BCUT2D eigenvalue weighted by Gasteiger charge is -2.09. The van der Waals surface area contributed by atoms with Crippen molar-refractivity contribution in [3.63, 3.8) is 0 Å². The summed E-state index contributed by atoms with van der Waals surface area (Å²) in [7, 11) is 0. The highest BCUT2D eigenvalue weighted by atomic mass is 16.6. The maximum absolute atomic E-state index is 5.47. The van der Waals surface area contributed by atoms with Crippen LogP contribution < -0.4 is 0 Å². The van der Waals surface area contributed by atoms with Crippen LogP contribution in [0.1, 0.15) is 25.0 Å². The normalized spacial score (nSPS) is 31.1. The number of epoxide rings is 2. The lowest BCUT2D eigenvalue weighted by molar-refractivity contribution is 0.329. The minimum absolute atomic E-state index is 0.0414. The van der Waals surface area contributed by atoms with Crippen LogP contribution in [0, 0.1) is 0 Å².